The van der Waals surface area contributed by atoms with Gasteiger partial charge in [0.1, 0.15) is 0 Å². The van der Waals surface area contributed by atoms with Gasteiger partial charge in [0.2, 0.25) is 0 Å². The van der Waals surface area contributed by atoms with E-state index in [1.54, 1.807) is 0 Å². The van der Waals surface area contributed by atoms with Crippen LogP contribution in [-0.2, 0) is 0 Å². The first-order chi connectivity index (χ1) is 67.6. The molecule has 0 aliphatic carbocycles. The second kappa shape index (κ2) is 134. The van der Waals surface area contributed by atoms with Gasteiger partial charge in [-0.1, -0.05) is 765 Å². The molecular formula is C140H290. The molecule has 1 unspecified atom stereocenters. The molecule has 850 valence electrons. The van der Waals surface area contributed by atoms with Crippen molar-refractivity contribution in [3.63, 3.8) is 0 Å². The molecule has 1 atom stereocenters. The van der Waals surface area contributed by atoms with Crippen LogP contribution in [0.2, 0.25) is 0 Å². The number of hydrogen-bond donors (Lipinski definition) is 0. The zero-order valence-corrected chi connectivity index (χ0v) is 106. The van der Waals surface area contributed by atoms with E-state index in [1.165, 1.54) is 552 Å². The van der Waals surface area contributed by atoms with Gasteiger partial charge in [-0.05, 0) is 140 Å². The summed E-state index contributed by atoms with van der Waals surface area (Å²) >= 11 is 0. The molecule has 0 saturated carbocycles. The Morgan fingerprint density at radius 3 is 0.443 bits per heavy atom. The Morgan fingerprint density at radius 1 is 0.107 bits per heavy atom. The Labute approximate surface area is 898 Å². The molecule has 140 heavy (non-hydrogen) atoms. The lowest BCUT2D eigenvalue weighted by Crippen LogP contribution is -2.02. The zero-order valence-electron chi connectivity index (χ0n) is 106. The van der Waals surface area contributed by atoms with Crippen molar-refractivity contribution in [2.24, 2.45) is 94.7 Å². The van der Waals surface area contributed by atoms with E-state index in [-0.39, 0.29) is 0 Å². The Morgan fingerprint density at radius 2 is 0.243 bits per heavy atom. The smallest absolute Gasteiger partial charge is 0.0234 e. The van der Waals surface area contributed by atoms with Crippen molar-refractivity contribution in [3.8, 4) is 0 Å². The SMILES string of the molecule is CCCCC(C/C=C\CC(C)C)CCCC.CCCCC(CCCC)CCCCC(C)C.CCCCCC(/C=C\CC(C)C)CCCCC.CCCCCC(C/C=C\CC(C)C)CCCCC.CCCCCC(CCCCC)CCCC(C)C.CCCCCC(CCCCC)CCCCC(C)C.CCCCCCC(CCCCC)CCCCC(C)C.CCCCCCC(CCCCCC)CCCC(C)C. The number of hydrogen-bond acceptors (Lipinski definition) is 0. The molecule has 0 spiro atoms. The molecule has 0 aromatic rings. The van der Waals surface area contributed by atoms with Crippen molar-refractivity contribution in [1.82, 2.24) is 0 Å². The molecule has 0 aliphatic heterocycles. The Balaban J connectivity index is -0.000000237. The number of rotatable bonds is 97. The van der Waals surface area contributed by atoms with E-state index in [9.17, 15) is 0 Å². The van der Waals surface area contributed by atoms with Crippen molar-refractivity contribution < 1.29 is 0 Å². The lowest BCUT2D eigenvalue weighted by molar-refractivity contribution is 0.360. The molecule has 0 aromatic carbocycles. The highest BCUT2D eigenvalue weighted by molar-refractivity contribution is 4.90. The fourth-order valence-electron chi connectivity index (χ4n) is 20.4. The van der Waals surface area contributed by atoms with Crippen LogP contribution in [0.15, 0.2) is 36.5 Å². The highest BCUT2D eigenvalue weighted by Crippen LogP contribution is 2.32. The van der Waals surface area contributed by atoms with E-state index in [0.29, 0.717) is 0 Å². The van der Waals surface area contributed by atoms with Crippen LogP contribution in [0.25, 0.3) is 0 Å². The highest BCUT2D eigenvalue weighted by atomic mass is 14.2. The molecule has 0 rings (SSSR count). The summed E-state index contributed by atoms with van der Waals surface area (Å²) < 4.78 is 0. The van der Waals surface area contributed by atoms with Gasteiger partial charge >= 0.3 is 0 Å². The van der Waals surface area contributed by atoms with Gasteiger partial charge < -0.3 is 0 Å². The average molecular weight is 1970 g/mol. The molecule has 0 aliphatic rings. The molecule has 0 bridgehead atoms. The molecule has 0 saturated heterocycles. The lowest BCUT2D eigenvalue weighted by atomic mass is 9.89. The van der Waals surface area contributed by atoms with Crippen molar-refractivity contribution in [2.45, 2.75) is 774 Å². The highest BCUT2D eigenvalue weighted by Gasteiger charge is 2.16. The summed E-state index contributed by atoms with van der Waals surface area (Å²) in [6.07, 6.45) is 137. The first kappa shape index (κ1) is 154. The summed E-state index contributed by atoms with van der Waals surface area (Å²) in [6, 6.07) is 0. The second-order valence-electron chi connectivity index (χ2n) is 49.8. The Hall–Kier alpha value is -0.780. The predicted molar refractivity (Wildman–Crippen MR) is 662 cm³/mol. The molecule has 0 fully saturated rings. The monoisotopic (exact) mass is 1970 g/mol. The molecule has 0 amide bonds. The van der Waals surface area contributed by atoms with Crippen LogP contribution in [-0.4, -0.2) is 0 Å². The fraction of sp³-hybridized carbons (Fsp3) is 0.957. The molecule has 0 heteroatoms. The summed E-state index contributed by atoms with van der Waals surface area (Å²) in [5.74, 6) is 14.8. The Kier molecular flexibility index (Phi) is 148. The molecule has 0 nitrogen and oxygen atoms in total. The van der Waals surface area contributed by atoms with Crippen LogP contribution < -0.4 is 0 Å². The third-order valence-corrected chi connectivity index (χ3v) is 30.4. The van der Waals surface area contributed by atoms with Gasteiger partial charge in [-0.15, -0.1) is 0 Å². The van der Waals surface area contributed by atoms with Gasteiger partial charge in [-0.3, -0.25) is 0 Å². The van der Waals surface area contributed by atoms with E-state index >= 15 is 0 Å². The van der Waals surface area contributed by atoms with Gasteiger partial charge in [0.05, 0.1) is 0 Å². The number of unbranched alkanes of at least 4 members (excludes halogenated alkanes) is 34. The number of allylic oxidation sites excluding steroid dienone is 6. The molecule has 0 N–H and O–H groups in total. The fourth-order valence-corrected chi connectivity index (χ4v) is 20.4. The van der Waals surface area contributed by atoms with Crippen molar-refractivity contribution in [3.05, 3.63) is 36.5 Å². The first-order valence-corrected chi connectivity index (χ1v) is 66.6. The summed E-state index contributed by atoms with van der Waals surface area (Å²) in [6.45, 7) is 74.2. The van der Waals surface area contributed by atoms with Gasteiger partial charge in [0, 0.05) is 0 Å². The Bertz CT molecular complexity index is 2060. The van der Waals surface area contributed by atoms with Crippen LogP contribution in [0.1, 0.15) is 774 Å². The van der Waals surface area contributed by atoms with Crippen LogP contribution in [0, 0.1) is 94.7 Å². The third-order valence-electron chi connectivity index (χ3n) is 30.4. The largest absolute Gasteiger partial charge is 0.0883 e. The maximum atomic E-state index is 2.51. The van der Waals surface area contributed by atoms with Crippen molar-refractivity contribution in [2.75, 3.05) is 0 Å². The van der Waals surface area contributed by atoms with Crippen LogP contribution >= 0.6 is 0 Å². The summed E-state index contributed by atoms with van der Waals surface area (Å²) in [5, 5.41) is 0. The van der Waals surface area contributed by atoms with Crippen LogP contribution in [0.4, 0.5) is 0 Å². The predicted octanol–water partition coefficient (Wildman–Crippen LogP) is 53.6. The van der Waals surface area contributed by atoms with E-state index in [2.05, 4.69) is 258 Å². The van der Waals surface area contributed by atoms with Gasteiger partial charge in [0.25, 0.3) is 0 Å². The molecule has 0 radical (unpaired) electrons. The summed E-state index contributed by atoms with van der Waals surface area (Å²) in [4.78, 5) is 0. The molecule has 0 aromatic heterocycles. The maximum absolute atomic E-state index is 2.51. The van der Waals surface area contributed by atoms with Gasteiger partial charge in [-0.25, -0.2) is 0 Å². The minimum atomic E-state index is 0.804. The summed E-state index contributed by atoms with van der Waals surface area (Å²) in [5.41, 5.74) is 0. The average Bonchev–Trinajstić information content (AvgIpc) is 1.07. The normalized spacial score (nSPS) is 12.0. The van der Waals surface area contributed by atoms with E-state index in [1.807, 2.05) is 0 Å². The topological polar surface area (TPSA) is 0 Å². The first-order valence-electron chi connectivity index (χ1n) is 66.6. The second-order valence-corrected chi connectivity index (χ2v) is 49.8. The quantitative estimate of drug-likeness (QED) is 0.0421. The van der Waals surface area contributed by atoms with Crippen molar-refractivity contribution >= 4 is 0 Å². The maximum Gasteiger partial charge on any atom is -0.0234 e. The van der Waals surface area contributed by atoms with Gasteiger partial charge in [0.15, 0.2) is 0 Å². The lowest BCUT2D eigenvalue weighted by Gasteiger charge is -2.17. The molecular weight excluding hydrogens is 1680 g/mol. The third kappa shape index (κ3) is 148. The van der Waals surface area contributed by atoms with E-state index < -0.39 is 0 Å². The minimum absolute atomic E-state index is 0.804. The van der Waals surface area contributed by atoms with E-state index in [4.69, 9.17) is 0 Å². The zero-order chi connectivity index (χ0) is 106. The van der Waals surface area contributed by atoms with Crippen LogP contribution in [0.3, 0.4) is 0 Å². The summed E-state index contributed by atoms with van der Waals surface area (Å²) in [7, 11) is 0. The van der Waals surface area contributed by atoms with Crippen molar-refractivity contribution in [1.29, 1.82) is 0 Å². The minimum Gasteiger partial charge on any atom is -0.0883 e. The van der Waals surface area contributed by atoms with Gasteiger partial charge in [-0.2, -0.15) is 0 Å². The molecule has 0 heterocycles. The standard InChI is InChI=1S/2C19H40.C18H38.C18H36.C17H36.C17H34.C16H34.C16H32/c1-5-7-9-11-16-19(15-10-8-6-2)17-13-12-14-18(3)4;1-5-7-9-11-15-19(16-12-10-8-6-2)17-13-14-18(3)4;2*1-5-7-9-14-18(15-10-8-6-2)16-12-11-13-17(3)4;2*1-5-7-9-13-17(14-10-8-6-2)15-11-12-16(3)4;2*1-5-7-12-16(13-8-6-2)14-10-9-11-15(3)4/h2*18-19H,5-17H2,1-4H3;17-18H,5-16H2,1-4H3;11-12,17-18H,5-10,13-16H2,1-4H3;16-17H,5-15H2,1-4H3;11,15-17H,5-10,12-14H2,1-4H3;15-16H,5-14H2,1-4H3;9-10,15-16H,5-8,11-14H2,1-4H3/b;;;12-11-;;15-11-;;10-9-. The van der Waals surface area contributed by atoms with Crippen LogP contribution in [0.5, 0.6) is 0 Å². The van der Waals surface area contributed by atoms with E-state index in [0.717, 1.165) is 94.7 Å².